The van der Waals surface area contributed by atoms with Crippen molar-refractivity contribution in [3.05, 3.63) is 28.5 Å². The minimum atomic E-state index is 0.472. The van der Waals surface area contributed by atoms with Crippen molar-refractivity contribution in [2.45, 2.75) is 38.6 Å². The lowest BCUT2D eigenvalue weighted by Gasteiger charge is -2.13. The molecule has 2 nitrogen and oxygen atoms in total. The standard InChI is InChI=1S/C13H15BrN2/c1-8(2)16-12-10(14)4-3-5-11(12)15-13(16)9-6-7-9/h3-5,8-9H,6-7H2,1-2H3. The monoisotopic (exact) mass is 278 g/mol. The number of nitrogens with zero attached hydrogens (tertiary/aromatic N) is 2. The third-order valence-electron chi connectivity index (χ3n) is 3.15. The van der Waals surface area contributed by atoms with E-state index in [1.807, 2.05) is 0 Å². The number of aromatic nitrogens is 2. The van der Waals surface area contributed by atoms with Gasteiger partial charge in [-0.05, 0) is 54.8 Å². The van der Waals surface area contributed by atoms with E-state index in [0.29, 0.717) is 12.0 Å². The third kappa shape index (κ3) is 1.49. The highest BCUT2D eigenvalue weighted by molar-refractivity contribution is 9.10. The molecular formula is C13H15BrN2. The van der Waals surface area contributed by atoms with Crippen LogP contribution in [0.25, 0.3) is 11.0 Å². The van der Waals surface area contributed by atoms with Crippen molar-refractivity contribution >= 4 is 27.0 Å². The van der Waals surface area contributed by atoms with Crippen LogP contribution in [-0.2, 0) is 0 Å². The number of rotatable bonds is 2. The second-order valence-electron chi connectivity index (χ2n) is 4.82. The van der Waals surface area contributed by atoms with Gasteiger partial charge in [-0.3, -0.25) is 0 Å². The maximum Gasteiger partial charge on any atom is 0.113 e. The second kappa shape index (κ2) is 3.59. The Balaban J connectivity index is 2.34. The maximum atomic E-state index is 4.79. The number of benzene rings is 1. The highest BCUT2D eigenvalue weighted by Gasteiger charge is 2.30. The summed E-state index contributed by atoms with van der Waals surface area (Å²) in [7, 11) is 0. The zero-order chi connectivity index (χ0) is 11.3. The first-order valence-corrected chi connectivity index (χ1v) is 6.64. The summed E-state index contributed by atoms with van der Waals surface area (Å²) in [4.78, 5) is 4.79. The molecule has 0 N–H and O–H groups in total. The van der Waals surface area contributed by atoms with Gasteiger partial charge in [-0.1, -0.05) is 6.07 Å². The average Bonchev–Trinajstić information content (AvgIpc) is 2.99. The molecule has 3 rings (SSSR count). The molecule has 1 aromatic heterocycles. The maximum absolute atomic E-state index is 4.79. The molecule has 0 radical (unpaired) electrons. The Bertz CT molecular complexity index is 538. The first-order valence-electron chi connectivity index (χ1n) is 5.85. The van der Waals surface area contributed by atoms with Gasteiger partial charge < -0.3 is 4.57 Å². The fourth-order valence-electron chi connectivity index (χ4n) is 2.28. The molecule has 0 saturated heterocycles. The summed E-state index contributed by atoms with van der Waals surface area (Å²) in [5, 5.41) is 0. The van der Waals surface area contributed by atoms with E-state index in [2.05, 4.69) is 52.5 Å². The first-order chi connectivity index (χ1) is 7.68. The van der Waals surface area contributed by atoms with Gasteiger partial charge in [0, 0.05) is 16.4 Å². The van der Waals surface area contributed by atoms with Gasteiger partial charge in [0.25, 0.3) is 0 Å². The van der Waals surface area contributed by atoms with Gasteiger partial charge in [-0.2, -0.15) is 0 Å². The summed E-state index contributed by atoms with van der Waals surface area (Å²) in [6, 6.07) is 6.73. The van der Waals surface area contributed by atoms with Crippen molar-refractivity contribution in [3.63, 3.8) is 0 Å². The molecule has 1 saturated carbocycles. The molecule has 3 heteroatoms. The summed E-state index contributed by atoms with van der Waals surface area (Å²) >= 11 is 3.64. The normalized spacial score (nSPS) is 16.2. The van der Waals surface area contributed by atoms with E-state index >= 15 is 0 Å². The summed E-state index contributed by atoms with van der Waals surface area (Å²) in [6.07, 6.45) is 2.60. The quantitative estimate of drug-likeness (QED) is 0.803. The van der Waals surface area contributed by atoms with Crippen LogP contribution in [0.2, 0.25) is 0 Å². The van der Waals surface area contributed by atoms with E-state index in [-0.39, 0.29) is 0 Å². The van der Waals surface area contributed by atoms with Crippen LogP contribution in [0.15, 0.2) is 22.7 Å². The average molecular weight is 279 g/mol. The van der Waals surface area contributed by atoms with Crippen LogP contribution in [0.4, 0.5) is 0 Å². The Morgan fingerprint density at radius 2 is 2.12 bits per heavy atom. The van der Waals surface area contributed by atoms with Gasteiger partial charge in [-0.25, -0.2) is 4.98 Å². The molecule has 1 heterocycles. The SMILES string of the molecule is CC(C)n1c(C2CC2)nc2cccc(Br)c21. The summed E-state index contributed by atoms with van der Waals surface area (Å²) in [5.41, 5.74) is 2.37. The Morgan fingerprint density at radius 3 is 2.75 bits per heavy atom. The number of halogens is 1. The van der Waals surface area contributed by atoms with E-state index in [9.17, 15) is 0 Å². The molecule has 0 spiro atoms. The molecule has 1 aliphatic carbocycles. The second-order valence-corrected chi connectivity index (χ2v) is 5.67. The molecule has 16 heavy (non-hydrogen) atoms. The van der Waals surface area contributed by atoms with E-state index in [0.717, 1.165) is 9.99 Å². The largest absolute Gasteiger partial charge is 0.324 e. The fraction of sp³-hybridized carbons (Fsp3) is 0.462. The number of fused-ring (bicyclic) bond motifs is 1. The topological polar surface area (TPSA) is 17.8 Å². The highest BCUT2D eigenvalue weighted by Crippen LogP contribution is 2.42. The van der Waals surface area contributed by atoms with E-state index in [4.69, 9.17) is 4.98 Å². The van der Waals surface area contributed by atoms with Crippen molar-refractivity contribution in [1.82, 2.24) is 9.55 Å². The Kier molecular flexibility index (Phi) is 2.32. The minimum absolute atomic E-state index is 0.472. The van der Waals surface area contributed by atoms with E-state index < -0.39 is 0 Å². The van der Waals surface area contributed by atoms with Crippen LogP contribution >= 0.6 is 15.9 Å². The molecule has 0 bridgehead atoms. The van der Waals surface area contributed by atoms with Gasteiger partial charge in [0.1, 0.15) is 5.82 Å². The van der Waals surface area contributed by atoms with Crippen molar-refractivity contribution in [1.29, 1.82) is 0 Å². The molecule has 84 valence electrons. The predicted octanol–water partition coefficient (Wildman–Crippen LogP) is 4.26. The lowest BCUT2D eigenvalue weighted by atomic mass is 10.3. The zero-order valence-corrected chi connectivity index (χ0v) is 11.2. The lowest BCUT2D eigenvalue weighted by Crippen LogP contribution is -2.05. The molecule has 1 aromatic carbocycles. The van der Waals surface area contributed by atoms with Gasteiger partial charge in [0.15, 0.2) is 0 Å². The summed E-state index contributed by atoms with van der Waals surface area (Å²) < 4.78 is 3.54. The first kappa shape index (κ1) is 10.3. The molecule has 0 unspecified atom stereocenters. The van der Waals surface area contributed by atoms with Crippen LogP contribution in [0, 0.1) is 0 Å². The molecule has 1 aliphatic rings. The van der Waals surface area contributed by atoms with Crippen LogP contribution in [0.1, 0.15) is 44.5 Å². The van der Waals surface area contributed by atoms with Crippen molar-refractivity contribution < 1.29 is 0 Å². The fourth-order valence-corrected chi connectivity index (χ4v) is 2.82. The van der Waals surface area contributed by atoms with Crippen LogP contribution < -0.4 is 0 Å². The number of hydrogen-bond acceptors (Lipinski definition) is 1. The Morgan fingerprint density at radius 1 is 1.38 bits per heavy atom. The Hall–Kier alpha value is -0.830. The minimum Gasteiger partial charge on any atom is -0.324 e. The summed E-state index contributed by atoms with van der Waals surface area (Å²) in [5.74, 6) is 1.97. The number of para-hydroxylation sites is 1. The predicted molar refractivity (Wildman–Crippen MR) is 69.8 cm³/mol. The summed E-state index contributed by atoms with van der Waals surface area (Å²) in [6.45, 7) is 4.46. The van der Waals surface area contributed by atoms with Gasteiger partial charge in [0.2, 0.25) is 0 Å². The van der Waals surface area contributed by atoms with Crippen LogP contribution in [0.5, 0.6) is 0 Å². The zero-order valence-electron chi connectivity index (χ0n) is 9.57. The van der Waals surface area contributed by atoms with Crippen LogP contribution in [0.3, 0.4) is 0 Å². The molecule has 2 aromatic rings. The van der Waals surface area contributed by atoms with Crippen molar-refractivity contribution in [2.75, 3.05) is 0 Å². The molecule has 0 aliphatic heterocycles. The van der Waals surface area contributed by atoms with E-state index in [1.54, 1.807) is 0 Å². The molecule has 0 amide bonds. The molecular weight excluding hydrogens is 264 g/mol. The van der Waals surface area contributed by atoms with Crippen molar-refractivity contribution in [2.24, 2.45) is 0 Å². The number of hydrogen-bond donors (Lipinski definition) is 0. The lowest BCUT2D eigenvalue weighted by molar-refractivity contribution is 0.585. The van der Waals surface area contributed by atoms with E-state index in [1.165, 1.54) is 24.2 Å². The number of imidazole rings is 1. The van der Waals surface area contributed by atoms with Gasteiger partial charge in [-0.15, -0.1) is 0 Å². The van der Waals surface area contributed by atoms with Gasteiger partial charge in [0.05, 0.1) is 11.0 Å². The third-order valence-corrected chi connectivity index (χ3v) is 3.79. The smallest absolute Gasteiger partial charge is 0.113 e. The molecule has 0 atom stereocenters. The highest BCUT2D eigenvalue weighted by atomic mass is 79.9. The van der Waals surface area contributed by atoms with Crippen LogP contribution in [-0.4, -0.2) is 9.55 Å². The molecule has 1 fully saturated rings. The van der Waals surface area contributed by atoms with Crippen molar-refractivity contribution in [3.8, 4) is 0 Å². The van der Waals surface area contributed by atoms with Gasteiger partial charge >= 0.3 is 0 Å². The Labute approximate surface area is 104 Å².